The van der Waals surface area contributed by atoms with Gasteiger partial charge in [-0.2, -0.15) is 10.2 Å². The minimum Gasteiger partial charge on any atom is -0.444 e. The van der Waals surface area contributed by atoms with Gasteiger partial charge < -0.3 is 18.3 Å². The Bertz CT molecular complexity index is 1120. The second-order valence-corrected chi connectivity index (χ2v) is 7.77. The fraction of sp³-hybridized carbons (Fsp3) is 0.316. The Labute approximate surface area is 163 Å². The number of piperidine rings is 1. The Kier molecular flexibility index (Phi) is 3.72. The third-order valence-electron chi connectivity index (χ3n) is 5.27. The van der Waals surface area contributed by atoms with Gasteiger partial charge in [0.15, 0.2) is 10.4 Å². The molecule has 5 heterocycles. The van der Waals surface area contributed by atoms with Gasteiger partial charge in [-0.3, -0.25) is 4.79 Å². The zero-order chi connectivity index (χ0) is 18.5. The second kappa shape index (κ2) is 6.13. The summed E-state index contributed by atoms with van der Waals surface area (Å²) in [6.45, 7) is 2.10. The highest BCUT2D eigenvalue weighted by molar-refractivity contribution is 9.10. The third kappa shape index (κ3) is 2.70. The van der Waals surface area contributed by atoms with Crippen LogP contribution in [0, 0.1) is 17.2 Å². The van der Waals surface area contributed by atoms with Gasteiger partial charge in [-0.15, -0.1) is 0 Å². The molecule has 1 fully saturated rings. The van der Waals surface area contributed by atoms with Crippen molar-refractivity contribution in [2.45, 2.75) is 18.9 Å². The topological polar surface area (TPSA) is 88.2 Å². The molecule has 5 rings (SSSR count). The number of hydrogen-bond acceptors (Lipinski definition) is 6. The SMILES string of the molecule is N#Cc1nc(-c2ccc(Br)o2)oc1N1CC2CC(C1)c1cccc(=O)n1C2. The van der Waals surface area contributed by atoms with E-state index in [1.165, 1.54) is 0 Å². The van der Waals surface area contributed by atoms with E-state index in [0.717, 1.165) is 18.7 Å². The largest absolute Gasteiger partial charge is 0.444 e. The lowest BCUT2D eigenvalue weighted by molar-refractivity contribution is 0.275. The number of hydrogen-bond donors (Lipinski definition) is 0. The van der Waals surface area contributed by atoms with Crippen molar-refractivity contribution in [1.82, 2.24) is 9.55 Å². The van der Waals surface area contributed by atoms with Crippen LogP contribution >= 0.6 is 15.9 Å². The van der Waals surface area contributed by atoms with E-state index >= 15 is 0 Å². The smallest absolute Gasteiger partial charge is 0.266 e. The van der Waals surface area contributed by atoms with Gasteiger partial charge in [0.25, 0.3) is 11.4 Å². The number of aromatic nitrogens is 2. The van der Waals surface area contributed by atoms with Crippen molar-refractivity contribution in [2.75, 3.05) is 18.0 Å². The predicted octanol–water partition coefficient (Wildman–Crippen LogP) is 3.35. The van der Waals surface area contributed by atoms with E-state index in [1.54, 1.807) is 18.2 Å². The Hall–Kier alpha value is -2.79. The van der Waals surface area contributed by atoms with Crippen LogP contribution in [0.25, 0.3) is 11.7 Å². The molecule has 1 saturated heterocycles. The zero-order valence-corrected chi connectivity index (χ0v) is 15.8. The van der Waals surface area contributed by atoms with Crippen LogP contribution in [0.2, 0.25) is 0 Å². The first-order valence-electron chi connectivity index (χ1n) is 8.73. The van der Waals surface area contributed by atoms with Crippen LogP contribution in [-0.2, 0) is 6.54 Å². The molecule has 0 aromatic carbocycles. The maximum absolute atomic E-state index is 12.2. The highest BCUT2D eigenvalue weighted by Crippen LogP contribution is 2.39. The highest BCUT2D eigenvalue weighted by Gasteiger charge is 2.37. The lowest BCUT2D eigenvalue weighted by Gasteiger charge is -2.42. The summed E-state index contributed by atoms with van der Waals surface area (Å²) in [5.41, 5.74) is 1.36. The van der Waals surface area contributed by atoms with Gasteiger partial charge in [-0.25, -0.2) is 0 Å². The number of anilines is 1. The minimum absolute atomic E-state index is 0.0544. The standard InChI is InChI=1S/C19H15BrN4O3/c20-16-5-4-15(26-16)18-22-13(7-21)19(27-18)23-8-11-6-12(10-23)14-2-1-3-17(25)24(14)9-11/h1-5,11-12H,6,8-10H2. The summed E-state index contributed by atoms with van der Waals surface area (Å²) < 4.78 is 13.9. The monoisotopic (exact) mass is 426 g/mol. The van der Waals surface area contributed by atoms with Gasteiger partial charge in [-0.05, 0) is 46.5 Å². The van der Waals surface area contributed by atoms with Crippen molar-refractivity contribution in [1.29, 1.82) is 5.26 Å². The predicted molar refractivity (Wildman–Crippen MR) is 100 cm³/mol. The van der Waals surface area contributed by atoms with Gasteiger partial charge in [-0.1, -0.05) is 6.07 Å². The number of rotatable bonds is 2. The number of halogens is 1. The fourth-order valence-electron chi connectivity index (χ4n) is 4.20. The molecule has 2 bridgehead atoms. The van der Waals surface area contributed by atoms with Crippen LogP contribution in [0.4, 0.5) is 5.88 Å². The molecule has 8 heteroatoms. The van der Waals surface area contributed by atoms with Gasteiger partial charge in [0.2, 0.25) is 11.6 Å². The molecule has 0 aliphatic carbocycles. The van der Waals surface area contributed by atoms with E-state index in [2.05, 4.69) is 31.9 Å². The molecule has 7 nitrogen and oxygen atoms in total. The first-order chi connectivity index (χ1) is 13.1. The average Bonchev–Trinajstić information content (AvgIpc) is 3.28. The van der Waals surface area contributed by atoms with E-state index in [-0.39, 0.29) is 17.2 Å². The molecule has 2 unspecified atom stereocenters. The molecule has 0 saturated carbocycles. The molecule has 2 aliphatic rings. The molecule has 27 heavy (non-hydrogen) atoms. The van der Waals surface area contributed by atoms with Gasteiger partial charge in [0, 0.05) is 37.3 Å². The maximum atomic E-state index is 12.2. The first kappa shape index (κ1) is 16.4. The second-order valence-electron chi connectivity index (χ2n) is 6.99. The number of nitriles is 1. The molecule has 3 aromatic rings. The summed E-state index contributed by atoms with van der Waals surface area (Å²) in [6.07, 6.45) is 1.04. The summed E-state index contributed by atoms with van der Waals surface area (Å²) in [4.78, 5) is 18.5. The van der Waals surface area contributed by atoms with Crippen LogP contribution < -0.4 is 10.5 Å². The Balaban J connectivity index is 1.51. The van der Waals surface area contributed by atoms with E-state index < -0.39 is 0 Å². The van der Waals surface area contributed by atoms with Crippen molar-refractivity contribution < 1.29 is 8.83 Å². The van der Waals surface area contributed by atoms with Crippen molar-refractivity contribution in [3.8, 4) is 17.7 Å². The molecular weight excluding hydrogens is 412 g/mol. The molecule has 0 spiro atoms. The van der Waals surface area contributed by atoms with Crippen LogP contribution in [0.3, 0.4) is 0 Å². The van der Waals surface area contributed by atoms with Crippen LogP contribution in [0.1, 0.15) is 23.7 Å². The van der Waals surface area contributed by atoms with E-state index in [1.807, 2.05) is 16.7 Å². The number of nitrogens with zero attached hydrogens (tertiary/aromatic N) is 4. The number of furan rings is 1. The van der Waals surface area contributed by atoms with E-state index in [0.29, 0.717) is 41.2 Å². The lowest BCUT2D eigenvalue weighted by Crippen LogP contribution is -2.47. The van der Waals surface area contributed by atoms with Gasteiger partial charge >= 0.3 is 0 Å². The first-order valence-corrected chi connectivity index (χ1v) is 9.53. The minimum atomic E-state index is 0.0544. The zero-order valence-electron chi connectivity index (χ0n) is 14.3. The summed E-state index contributed by atoms with van der Waals surface area (Å²) in [7, 11) is 0. The lowest BCUT2D eigenvalue weighted by atomic mass is 9.83. The summed E-state index contributed by atoms with van der Waals surface area (Å²) in [5.74, 6) is 1.79. The molecule has 136 valence electrons. The van der Waals surface area contributed by atoms with Crippen molar-refractivity contribution in [3.63, 3.8) is 0 Å². The average molecular weight is 427 g/mol. The molecule has 0 amide bonds. The molecular formula is C19H15BrN4O3. The van der Waals surface area contributed by atoms with Crippen LogP contribution in [0.5, 0.6) is 0 Å². The van der Waals surface area contributed by atoms with Gasteiger partial charge in [0.1, 0.15) is 6.07 Å². The summed E-state index contributed by atoms with van der Waals surface area (Å²) >= 11 is 3.26. The molecule has 2 atom stereocenters. The van der Waals surface area contributed by atoms with E-state index in [4.69, 9.17) is 8.83 Å². The molecule has 2 aliphatic heterocycles. The number of pyridine rings is 1. The van der Waals surface area contributed by atoms with Crippen LogP contribution in [-0.4, -0.2) is 22.6 Å². The number of fused-ring (bicyclic) bond motifs is 4. The van der Waals surface area contributed by atoms with Crippen molar-refractivity contribution in [3.05, 3.63) is 56.7 Å². The normalized spacial score (nSPS) is 21.0. The van der Waals surface area contributed by atoms with E-state index in [9.17, 15) is 10.1 Å². The molecule has 0 radical (unpaired) electrons. The van der Waals surface area contributed by atoms with Gasteiger partial charge in [0.05, 0.1) is 0 Å². The quantitative estimate of drug-likeness (QED) is 0.624. The Morgan fingerprint density at radius 2 is 2.07 bits per heavy atom. The van der Waals surface area contributed by atoms with Crippen molar-refractivity contribution >= 4 is 21.8 Å². The van der Waals surface area contributed by atoms with Crippen molar-refractivity contribution in [2.24, 2.45) is 5.92 Å². The Morgan fingerprint density at radius 3 is 2.85 bits per heavy atom. The number of oxazole rings is 1. The summed E-state index contributed by atoms with van der Waals surface area (Å²) in [5, 5.41) is 9.53. The third-order valence-corrected chi connectivity index (χ3v) is 5.69. The summed E-state index contributed by atoms with van der Waals surface area (Å²) in [6, 6.07) is 11.1. The maximum Gasteiger partial charge on any atom is 0.266 e. The molecule has 0 N–H and O–H groups in total. The fourth-order valence-corrected chi connectivity index (χ4v) is 4.50. The van der Waals surface area contributed by atoms with Crippen LogP contribution in [0.15, 0.2) is 48.6 Å². The highest BCUT2D eigenvalue weighted by atomic mass is 79.9. The molecule has 3 aromatic heterocycles. The Morgan fingerprint density at radius 1 is 1.19 bits per heavy atom.